The molecule has 1 N–H and O–H groups in total. The average molecular weight is 316 g/mol. The van der Waals surface area contributed by atoms with Crippen molar-refractivity contribution in [1.29, 1.82) is 0 Å². The van der Waals surface area contributed by atoms with Gasteiger partial charge in [-0.25, -0.2) is 14.8 Å². The van der Waals surface area contributed by atoms with Crippen molar-refractivity contribution in [3.05, 3.63) is 30.4 Å². The summed E-state index contributed by atoms with van der Waals surface area (Å²) in [5.74, 6) is -1.08. The Morgan fingerprint density at radius 1 is 1.26 bits per heavy atom. The second-order valence-electron chi connectivity index (χ2n) is 5.86. The van der Waals surface area contributed by atoms with Crippen molar-refractivity contribution >= 4 is 12.0 Å². The predicted molar refractivity (Wildman–Crippen MR) is 78.4 cm³/mol. The summed E-state index contributed by atoms with van der Waals surface area (Å²) in [7, 11) is 0. The van der Waals surface area contributed by atoms with Gasteiger partial charge in [0.25, 0.3) is 6.01 Å². The number of carbonyl (C=O) groups is 1. The molecule has 8 nitrogen and oxygen atoms in total. The number of carboxylic acids is 1. The first-order valence-corrected chi connectivity index (χ1v) is 7.61. The first-order chi connectivity index (χ1) is 11.2. The molecular formula is C15H16N4O4. The first kappa shape index (κ1) is 14.0. The Labute approximate surface area is 132 Å². The Bertz CT molecular complexity index is 691. The number of oxazole rings is 1. The number of ether oxygens (including phenoxy) is 1. The number of nitrogens with zero attached hydrogens (tertiary/aromatic N) is 4. The fraction of sp³-hybridized carbons (Fsp3) is 0.467. The molecule has 0 aromatic carbocycles. The van der Waals surface area contributed by atoms with Crippen molar-refractivity contribution in [3.8, 4) is 6.01 Å². The van der Waals surface area contributed by atoms with Gasteiger partial charge in [-0.15, -0.1) is 0 Å². The predicted octanol–water partition coefficient (Wildman–Crippen LogP) is 1.74. The van der Waals surface area contributed by atoms with Crippen LogP contribution in [0.5, 0.6) is 6.01 Å². The molecule has 23 heavy (non-hydrogen) atoms. The van der Waals surface area contributed by atoms with Crippen LogP contribution >= 0.6 is 0 Å². The molecule has 0 saturated carbocycles. The minimum atomic E-state index is -1.08. The van der Waals surface area contributed by atoms with Gasteiger partial charge >= 0.3 is 12.0 Å². The normalized spacial score (nSPS) is 26.3. The third-order valence-electron chi connectivity index (χ3n) is 4.44. The maximum atomic E-state index is 11.0. The van der Waals surface area contributed by atoms with Crippen molar-refractivity contribution < 1.29 is 19.1 Å². The number of aromatic carboxylic acids is 1. The standard InChI is InChI=1S/C15H16N4O4/c20-13(21)12-8-22-15(18-12)19-9-2-3-10(19)7-11(6-9)23-14-16-4-1-5-17-14/h1,4-5,8-11H,2-3,6-7H2,(H,20,21)/t9-,10+,11+. The number of piperidine rings is 1. The summed E-state index contributed by atoms with van der Waals surface area (Å²) in [6, 6.07) is 3.02. The van der Waals surface area contributed by atoms with E-state index in [1.165, 1.54) is 6.26 Å². The van der Waals surface area contributed by atoms with E-state index in [1.807, 2.05) is 0 Å². The molecule has 0 radical (unpaired) electrons. The van der Waals surface area contributed by atoms with Gasteiger partial charge < -0.3 is 19.2 Å². The number of rotatable bonds is 4. The highest BCUT2D eigenvalue weighted by molar-refractivity contribution is 5.85. The molecule has 4 rings (SSSR count). The monoisotopic (exact) mass is 316 g/mol. The van der Waals surface area contributed by atoms with Gasteiger partial charge in [-0.1, -0.05) is 0 Å². The Kier molecular flexibility index (Phi) is 3.36. The highest BCUT2D eigenvalue weighted by Crippen LogP contribution is 2.39. The van der Waals surface area contributed by atoms with Crippen molar-refractivity contribution in [2.75, 3.05) is 4.90 Å². The zero-order valence-corrected chi connectivity index (χ0v) is 12.3. The molecule has 0 amide bonds. The van der Waals surface area contributed by atoms with E-state index in [0.717, 1.165) is 25.7 Å². The lowest BCUT2D eigenvalue weighted by molar-refractivity contribution is 0.0690. The fourth-order valence-corrected chi connectivity index (χ4v) is 3.51. The lowest BCUT2D eigenvalue weighted by atomic mass is 10.0. The SMILES string of the molecule is O=C(O)c1coc(N2[C@@H]3CC[C@H]2C[C@@H](Oc2ncccn2)C3)n1. The molecule has 2 aliphatic heterocycles. The van der Waals surface area contributed by atoms with Gasteiger partial charge in [-0.3, -0.25) is 0 Å². The average Bonchev–Trinajstić information content (AvgIpc) is 3.11. The second-order valence-corrected chi connectivity index (χ2v) is 5.86. The van der Waals surface area contributed by atoms with E-state index in [9.17, 15) is 4.79 Å². The van der Waals surface area contributed by atoms with Crippen molar-refractivity contribution in [2.45, 2.75) is 43.9 Å². The number of hydrogen-bond donors (Lipinski definition) is 1. The summed E-state index contributed by atoms with van der Waals surface area (Å²) in [6.45, 7) is 0. The van der Waals surface area contributed by atoms with Gasteiger partial charge in [0.15, 0.2) is 5.69 Å². The molecule has 2 bridgehead atoms. The number of carboxylic acid groups (broad SMARTS) is 1. The van der Waals surface area contributed by atoms with E-state index in [-0.39, 0.29) is 23.9 Å². The Balaban J connectivity index is 1.48. The van der Waals surface area contributed by atoms with Crippen molar-refractivity contribution in [3.63, 3.8) is 0 Å². The molecule has 2 saturated heterocycles. The molecule has 3 atom stereocenters. The number of hydrogen-bond acceptors (Lipinski definition) is 7. The lowest BCUT2D eigenvalue weighted by Gasteiger charge is -2.37. The molecular weight excluding hydrogens is 300 g/mol. The molecule has 2 aliphatic rings. The summed E-state index contributed by atoms with van der Waals surface area (Å²) < 4.78 is 11.2. The fourth-order valence-electron chi connectivity index (χ4n) is 3.51. The summed E-state index contributed by atoms with van der Waals surface area (Å²) in [6.07, 6.45) is 8.24. The molecule has 120 valence electrons. The highest BCUT2D eigenvalue weighted by atomic mass is 16.5. The maximum Gasteiger partial charge on any atom is 0.357 e. The van der Waals surface area contributed by atoms with Crippen LogP contribution in [0.4, 0.5) is 6.01 Å². The topological polar surface area (TPSA) is 102 Å². The second kappa shape index (κ2) is 5.53. The lowest BCUT2D eigenvalue weighted by Crippen LogP contribution is -2.46. The van der Waals surface area contributed by atoms with Gasteiger partial charge in [0.05, 0.1) is 0 Å². The summed E-state index contributed by atoms with van der Waals surface area (Å²) >= 11 is 0. The van der Waals surface area contributed by atoms with E-state index < -0.39 is 5.97 Å². The maximum absolute atomic E-state index is 11.0. The van der Waals surface area contributed by atoms with Gasteiger partial charge in [0.2, 0.25) is 0 Å². The van der Waals surface area contributed by atoms with E-state index in [0.29, 0.717) is 12.0 Å². The third kappa shape index (κ3) is 2.60. The van der Waals surface area contributed by atoms with E-state index in [2.05, 4.69) is 19.9 Å². The quantitative estimate of drug-likeness (QED) is 0.910. The zero-order valence-electron chi connectivity index (χ0n) is 12.3. The van der Waals surface area contributed by atoms with Crippen LogP contribution in [0.15, 0.2) is 29.1 Å². The summed E-state index contributed by atoms with van der Waals surface area (Å²) in [5, 5.41) is 8.98. The van der Waals surface area contributed by atoms with Crippen molar-refractivity contribution in [2.24, 2.45) is 0 Å². The Morgan fingerprint density at radius 2 is 1.96 bits per heavy atom. The highest BCUT2D eigenvalue weighted by Gasteiger charge is 2.44. The van der Waals surface area contributed by atoms with Crippen LogP contribution < -0.4 is 9.64 Å². The molecule has 2 aromatic heterocycles. The van der Waals surface area contributed by atoms with E-state index in [1.54, 1.807) is 18.5 Å². The number of fused-ring (bicyclic) bond motifs is 2. The van der Waals surface area contributed by atoms with Crippen LogP contribution in [-0.4, -0.2) is 44.2 Å². The molecule has 2 aromatic rings. The van der Waals surface area contributed by atoms with Crippen LogP contribution in [0.25, 0.3) is 0 Å². The molecule has 0 aliphatic carbocycles. The van der Waals surface area contributed by atoms with Crippen LogP contribution in [0.3, 0.4) is 0 Å². The molecule has 0 unspecified atom stereocenters. The largest absolute Gasteiger partial charge is 0.476 e. The van der Waals surface area contributed by atoms with E-state index >= 15 is 0 Å². The van der Waals surface area contributed by atoms with Crippen LogP contribution in [-0.2, 0) is 0 Å². The van der Waals surface area contributed by atoms with Crippen LogP contribution in [0, 0.1) is 0 Å². The van der Waals surface area contributed by atoms with Gasteiger partial charge in [-0.2, -0.15) is 4.98 Å². The van der Waals surface area contributed by atoms with Crippen LogP contribution in [0.1, 0.15) is 36.2 Å². The molecule has 4 heterocycles. The third-order valence-corrected chi connectivity index (χ3v) is 4.44. The number of aromatic nitrogens is 3. The van der Waals surface area contributed by atoms with Gasteiger partial charge in [-0.05, 0) is 18.9 Å². The summed E-state index contributed by atoms with van der Waals surface area (Å²) in [4.78, 5) is 25.3. The first-order valence-electron chi connectivity index (χ1n) is 7.61. The Morgan fingerprint density at radius 3 is 2.57 bits per heavy atom. The van der Waals surface area contributed by atoms with Crippen molar-refractivity contribution in [1.82, 2.24) is 15.0 Å². The van der Waals surface area contributed by atoms with Gasteiger partial charge in [0.1, 0.15) is 12.4 Å². The molecule has 8 heteroatoms. The van der Waals surface area contributed by atoms with E-state index in [4.69, 9.17) is 14.3 Å². The Hall–Kier alpha value is -2.64. The minimum absolute atomic E-state index is 0.0556. The molecule has 2 fully saturated rings. The van der Waals surface area contributed by atoms with Crippen LogP contribution in [0.2, 0.25) is 0 Å². The zero-order chi connectivity index (χ0) is 15.8. The number of anilines is 1. The minimum Gasteiger partial charge on any atom is -0.476 e. The molecule has 0 spiro atoms. The summed E-state index contributed by atoms with van der Waals surface area (Å²) in [5.41, 5.74) is -0.0598. The van der Waals surface area contributed by atoms with Gasteiger partial charge in [0, 0.05) is 37.3 Å². The smallest absolute Gasteiger partial charge is 0.357 e.